The van der Waals surface area contributed by atoms with Gasteiger partial charge in [0.15, 0.2) is 5.78 Å². The summed E-state index contributed by atoms with van der Waals surface area (Å²) in [6, 6.07) is 7.02. The second kappa shape index (κ2) is 4.82. The lowest BCUT2D eigenvalue weighted by atomic mass is 10.0. The Kier molecular flexibility index (Phi) is 3.23. The summed E-state index contributed by atoms with van der Waals surface area (Å²) >= 11 is 0. The van der Waals surface area contributed by atoms with Crippen LogP contribution in [0.5, 0.6) is 0 Å². The van der Waals surface area contributed by atoms with E-state index in [0.717, 1.165) is 12.0 Å². The largest absolute Gasteiger partial charge is 0.399 e. The number of nitrogen functional groups attached to an aromatic ring is 1. The van der Waals surface area contributed by atoms with Gasteiger partial charge in [0, 0.05) is 30.9 Å². The summed E-state index contributed by atoms with van der Waals surface area (Å²) in [5.41, 5.74) is 8.04. The fourth-order valence-electron chi connectivity index (χ4n) is 1.67. The Hall–Kier alpha value is -2.10. The lowest BCUT2D eigenvalue weighted by molar-refractivity contribution is 0.0983. The molecule has 4 nitrogen and oxygen atoms in total. The molecule has 88 valence electrons. The third-order valence-corrected chi connectivity index (χ3v) is 2.63. The summed E-state index contributed by atoms with van der Waals surface area (Å²) in [5.74, 6) is 0.133. The molecule has 4 heteroatoms. The predicted molar refractivity (Wildman–Crippen MR) is 66.7 cm³/mol. The van der Waals surface area contributed by atoms with Crippen molar-refractivity contribution in [1.29, 1.82) is 0 Å². The number of carbonyl (C=O) groups excluding carboxylic acids is 1. The quantitative estimate of drug-likeness (QED) is 0.642. The lowest BCUT2D eigenvalue weighted by Gasteiger charge is -2.00. The molecule has 17 heavy (non-hydrogen) atoms. The van der Waals surface area contributed by atoms with Crippen molar-refractivity contribution in [3.05, 3.63) is 47.8 Å². The number of rotatable bonds is 4. The highest BCUT2D eigenvalue weighted by molar-refractivity contribution is 5.96. The second-order valence-electron chi connectivity index (χ2n) is 4.07. The first-order valence-electron chi connectivity index (χ1n) is 5.51. The van der Waals surface area contributed by atoms with E-state index in [0.29, 0.717) is 17.7 Å². The van der Waals surface area contributed by atoms with Gasteiger partial charge in [-0.05, 0) is 36.2 Å². The molecule has 1 aromatic carbocycles. The van der Waals surface area contributed by atoms with Crippen LogP contribution in [0.2, 0.25) is 0 Å². The topological polar surface area (TPSA) is 60.9 Å². The maximum absolute atomic E-state index is 11.9. The smallest absolute Gasteiger partial charge is 0.163 e. The van der Waals surface area contributed by atoms with Gasteiger partial charge in [0.1, 0.15) is 0 Å². The van der Waals surface area contributed by atoms with Crippen LogP contribution in [0.3, 0.4) is 0 Å². The molecular formula is C13H15N3O. The van der Waals surface area contributed by atoms with Crippen LogP contribution in [0.15, 0.2) is 36.7 Å². The van der Waals surface area contributed by atoms with Crippen LogP contribution in [0.25, 0.3) is 0 Å². The van der Waals surface area contributed by atoms with Crippen molar-refractivity contribution in [2.24, 2.45) is 7.05 Å². The summed E-state index contributed by atoms with van der Waals surface area (Å²) in [6.07, 6.45) is 4.93. The Morgan fingerprint density at radius 3 is 2.65 bits per heavy atom. The van der Waals surface area contributed by atoms with Gasteiger partial charge in [-0.2, -0.15) is 5.10 Å². The predicted octanol–water partition coefficient (Wildman–Crippen LogP) is 1.82. The van der Waals surface area contributed by atoms with E-state index in [4.69, 9.17) is 5.73 Å². The van der Waals surface area contributed by atoms with Crippen LogP contribution in [0.1, 0.15) is 22.3 Å². The molecule has 0 fully saturated rings. The number of ketones is 1. The van der Waals surface area contributed by atoms with E-state index in [-0.39, 0.29) is 5.78 Å². The molecule has 0 amide bonds. The Balaban J connectivity index is 1.95. The summed E-state index contributed by atoms with van der Waals surface area (Å²) in [5, 5.41) is 4.07. The van der Waals surface area contributed by atoms with E-state index in [2.05, 4.69) is 5.10 Å². The second-order valence-corrected chi connectivity index (χ2v) is 4.07. The van der Waals surface area contributed by atoms with E-state index in [9.17, 15) is 4.79 Å². The van der Waals surface area contributed by atoms with Crippen molar-refractivity contribution in [3.63, 3.8) is 0 Å². The molecule has 0 saturated heterocycles. The van der Waals surface area contributed by atoms with Crippen LogP contribution in [0.4, 0.5) is 5.69 Å². The van der Waals surface area contributed by atoms with Crippen LogP contribution in [-0.4, -0.2) is 15.6 Å². The van der Waals surface area contributed by atoms with E-state index in [1.165, 1.54) is 0 Å². The third kappa shape index (κ3) is 2.93. The molecule has 1 heterocycles. The Labute approximate surface area is 100 Å². The zero-order chi connectivity index (χ0) is 12.3. The number of carbonyl (C=O) groups is 1. The van der Waals surface area contributed by atoms with E-state index >= 15 is 0 Å². The highest BCUT2D eigenvalue weighted by Crippen LogP contribution is 2.10. The Morgan fingerprint density at radius 2 is 2.06 bits per heavy atom. The van der Waals surface area contributed by atoms with Gasteiger partial charge in [0.25, 0.3) is 0 Å². The normalized spacial score (nSPS) is 10.4. The van der Waals surface area contributed by atoms with Crippen LogP contribution >= 0.6 is 0 Å². The van der Waals surface area contributed by atoms with Crippen molar-refractivity contribution >= 4 is 11.5 Å². The molecule has 0 saturated carbocycles. The number of aryl methyl sites for hydroxylation is 2. The molecular weight excluding hydrogens is 214 g/mol. The fourth-order valence-corrected chi connectivity index (χ4v) is 1.67. The minimum absolute atomic E-state index is 0.133. The minimum atomic E-state index is 0.133. The molecule has 0 aliphatic heterocycles. The van der Waals surface area contributed by atoms with Gasteiger partial charge in [0.2, 0.25) is 0 Å². The van der Waals surface area contributed by atoms with E-state index in [1.54, 1.807) is 35.1 Å². The average Bonchev–Trinajstić information content (AvgIpc) is 2.73. The first-order valence-corrected chi connectivity index (χ1v) is 5.51. The van der Waals surface area contributed by atoms with Crippen LogP contribution < -0.4 is 5.73 Å². The van der Waals surface area contributed by atoms with Crippen LogP contribution in [0, 0.1) is 0 Å². The van der Waals surface area contributed by atoms with Gasteiger partial charge in [0.05, 0.1) is 6.20 Å². The number of benzene rings is 1. The van der Waals surface area contributed by atoms with E-state index < -0.39 is 0 Å². The Bertz CT molecular complexity index is 514. The molecule has 0 bridgehead atoms. The molecule has 0 aliphatic carbocycles. The van der Waals surface area contributed by atoms with Gasteiger partial charge in [-0.3, -0.25) is 9.48 Å². The number of hydrogen-bond donors (Lipinski definition) is 1. The third-order valence-electron chi connectivity index (χ3n) is 2.63. The number of Topliss-reactive ketones (excluding diaryl/α,β-unsaturated/α-hetero) is 1. The van der Waals surface area contributed by atoms with Crippen molar-refractivity contribution in [1.82, 2.24) is 9.78 Å². The number of hydrogen-bond acceptors (Lipinski definition) is 3. The summed E-state index contributed by atoms with van der Waals surface area (Å²) in [4.78, 5) is 11.9. The maximum atomic E-state index is 11.9. The number of nitrogens with zero attached hydrogens (tertiary/aromatic N) is 2. The zero-order valence-electron chi connectivity index (χ0n) is 9.76. The van der Waals surface area contributed by atoms with Gasteiger partial charge >= 0.3 is 0 Å². The lowest BCUT2D eigenvalue weighted by Crippen LogP contribution is -2.01. The molecule has 0 radical (unpaired) electrons. The maximum Gasteiger partial charge on any atom is 0.163 e. The van der Waals surface area contributed by atoms with Crippen molar-refractivity contribution in [2.45, 2.75) is 12.8 Å². The standard InChI is InChI=1S/C13H15N3O/c1-16-9-10(8-15-16)2-7-13(17)11-3-5-12(14)6-4-11/h3-6,8-9H,2,7,14H2,1H3. The number of aromatic nitrogens is 2. The zero-order valence-corrected chi connectivity index (χ0v) is 9.76. The molecule has 0 atom stereocenters. The average molecular weight is 229 g/mol. The first-order chi connectivity index (χ1) is 8.15. The summed E-state index contributed by atoms with van der Waals surface area (Å²) in [7, 11) is 1.87. The Morgan fingerprint density at radius 1 is 1.35 bits per heavy atom. The number of anilines is 1. The van der Waals surface area contributed by atoms with Gasteiger partial charge in [-0.1, -0.05) is 0 Å². The molecule has 2 rings (SSSR count). The van der Waals surface area contributed by atoms with Crippen molar-refractivity contribution in [2.75, 3.05) is 5.73 Å². The van der Waals surface area contributed by atoms with Crippen molar-refractivity contribution in [3.8, 4) is 0 Å². The van der Waals surface area contributed by atoms with E-state index in [1.807, 2.05) is 13.2 Å². The van der Waals surface area contributed by atoms with Crippen LogP contribution in [-0.2, 0) is 13.5 Å². The highest BCUT2D eigenvalue weighted by Gasteiger charge is 2.06. The molecule has 2 aromatic rings. The van der Waals surface area contributed by atoms with Gasteiger partial charge in [-0.25, -0.2) is 0 Å². The minimum Gasteiger partial charge on any atom is -0.399 e. The first kappa shape index (κ1) is 11.4. The molecule has 0 unspecified atom stereocenters. The monoisotopic (exact) mass is 229 g/mol. The molecule has 0 aliphatic rings. The molecule has 0 spiro atoms. The number of nitrogens with two attached hydrogens (primary N) is 1. The van der Waals surface area contributed by atoms with Gasteiger partial charge < -0.3 is 5.73 Å². The fraction of sp³-hybridized carbons (Fsp3) is 0.231. The van der Waals surface area contributed by atoms with Gasteiger partial charge in [-0.15, -0.1) is 0 Å². The van der Waals surface area contributed by atoms with Crippen molar-refractivity contribution < 1.29 is 4.79 Å². The molecule has 1 aromatic heterocycles. The summed E-state index contributed by atoms with van der Waals surface area (Å²) in [6.45, 7) is 0. The SMILES string of the molecule is Cn1cc(CCC(=O)c2ccc(N)cc2)cn1. The summed E-state index contributed by atoms with van der Waals surface area (Å²) < 4.78 is 1.74. The highest BCUT2D eigenvalue weighted by atomic mass is 16.1. The molecule has 2 N–H and O–H groups in total.